The van der Waals surface area contributed by atoms with Crippen molar-refractivity contribution >= 4 is 17.8 Å². The van der Waals surface area contributed by atoms with Gasteiger partial charge < -0.3 is 19.9 Å². The first-order valence-corrected chi connectivity index (χ1v) is 10.6. The zero-order valence-corrected chi connectivity index (χ0v) is 18.3. The smallest absolute Gasteiger partial charge is 0.462 e. The SMILES string of the molecule is CCOC(=O)c1ccnc(CN(CC(=O)N(C)CCCCNC2CC2)C(=O)C(F)(F)F)c1. The molecule has 1 aromatic heterocycles. The number of hydrogen-bond acceptors (Lipinski definition) is 6. The van der Waals surface area contributed by atoms with Crippen molar-refractivity contribution in [2.24, 2.45) is 0 Å². The summed E-state index contributed by atoms with van der Waals surface area (Å²) < 4.78 is 44.2. The molecule has 1 aliphatic rings. The lowest BCUT2D eigenvalue weighted by molar-refractivity contribution is -0.186. The molecule has 0 bridgehead atoms. The van der Waals surface area contributed by atoms with E-state index in [9.17, 15) is 27.6 Å². The summed E-state index contributed by atoms with van der Waals surface area (Å²) in [4.78, 5) is 41.9. The molecule has 8 nitrogen and oxygen atoms in total. The number of carbonyl (C=O) groups is 3. The van der Waals surface area contributed by atoms with Crippen LogP contribution in [0.15, 0.2) is 18.3 Å². The highest BCUT2D eigenvalue weighted by Gasteiger charge is 2.43. The normalized spacial score (nSPS) is 13.5. The van der Waals surface area contributed by atoms with Gasteiger partial charge in [-0.1, -0.05) is 0 Å². The molecule has 0 aliphatic heterocycles. The Kier molecular flexibility index (Phi) is 9.42. The van der Waals surface area contributed by atoms with Gasteiger partial charge in [0.2, 0.25) is 5.91 Å². The summed E-state index contributed by atoms with van der Waals surface area (Å²) in [5, 5.41) is 3.35. The van der Waals surface area contributed by atoms with Crippen LogP contribution in [0.2, 0.25) is 0 Å². The van der Waals surface area contributed by atoms with Crippen molar-refractivity contribution in [3.63, 3.8) is 0 Å². The molecule has 0 spiro atoms. The van der Waals surface area contributed by atoms with Gasteiger partial charge in [-0.15, -0.1) is 0 Å². The molecule has 0 unspecified atom stereocenters. The minimum absolute atomic E-state index is 0.0368. The number of unbranched alkanes of at least 4 members (excludes halogenated alkanes) is 1. The number of aromatic nitrogens is 1. The van der Waals surface area contributed by atoms with Crippen LogP contribution in [0.1, 0.15) is 48.7 Å². The zero-order valence-electron chi connectivity index (χ0n) is 18.3. The Morgan fingerprint density at radius 3 is 2.59 bits per heavy atom. The molecule has 1 aliphatic carbocycles. The number of nitrogens with zero attached hydrogens (tertiary/aromatic N) is 3. The van der Waals surface area contributed by atoms with Gasteiger partial charge in [0.05, 0.1) is 24.4 Å². The molecular formula is C21H29F3N4O4. The molecule has 1 saturated carbocycles. The number of esters is 1. The number of pyridine rings is 1. The Hall–Kier alpha value is -2.69. The first-order valence-electron chi connectivity index (χ1n) is 10.6. The summed E-state index contributed by atoms with van der Waals surface area (Å²) in [6.45, 7) is 1.63. The van der Waals surface area contributed by atoms with Crippen molar-refractivity contribution in [1.82, 2.24) is 20.1 Å². The van der Waals surface area contributed by atoms with E-state index in [4.69, 9.17) is 4.74 Å². The van der Waals surface area contributed by atoms with E-state index >= 15 is 0 Å². The molecule has 0 atom stereocenters. The molecule has 0 radical (unpaired) electrons. The van der Waals surface area contributed by atoms with Crippen molar-refractivity contribution in [3.8, 4) is 0 Å². The van der Waals surface area contributed by atoms with E-state index in [1.165, 1.54) is 43.1 Å². The monoisotopic (exact) mass is 458 g/mol. The van der Waals surface area contributed by atoms with Gasteiger partial charge in [0.25, 0.3) is 0 Å². The molecule has 1 heterocycles. The maximum atomic E-state index is 13.1. The highest BCUT2D eigenvalue weighted by Crippen LogP contribution is 2.20. The summed E-state index contributed by atoms with van der Waals surface area (Å²) in [5.74, 6) is -3.41. The minimum atomic E-state index is -5.15. The van der Waals surface area contributed by atoms with E-state index < -0.39 is 37.0 Å². The second-order valence-corrected chi connectivity index (χ2v) is 7.67. The Morgan fingerprint density at radius 2 is 1.97 bits per heavy atom. The van der Waals surface area contributed by atoms with Crippen LogP contribution >= 0.6 is 0 Å². The van der Waals surface area contributed by atoms with E-state index in [0.29, 0.717) is 23.9 Å². The van der Waals surface area contributed by atoms with E-state index in [2.05, 4.69) is 10.3 Å². The second-order valence-electron chi connectivity index (χ2n) is 7.67. The van der Waals surface area contributed by atoms with Gasteiger partial charge in [0.15, 0.2) is 0 Å². The van der Waals surface area contributed by atoms with E-state index in [1.807, 2.05) is 0 Å². The van der Waals surface area contributed by atoms with Crippen LogP contribution in [0.3, 0.4) is 0 Å². The van der Waals surface area contributed by atoms with Gasteiger partial charge >= 0.3 is 18.1 Å². The summed E-state index contributed by atoms with van der Waals surface area (Å²) in [6.07, 6.45) is -0.0201. The topological polar surface area (TPSA) is 91.8 Å². The third-order valence-corrected chi connectivity index (χ3v) is 4.89. The number of amides is 2. The van der Waals surface area contributed by atoms with Gasteiger partial charge in [0.1, 0.15) is 6.54 Å². The van der Waals surface area contributed by atoms with Gasteiger partial charge in [0, 0.05) is 25.8 Å². The zero-order chi connectivity index (χ0) is 23.7. The van der Waals surface area contributed by atoms with Crippen LogP contribution in [0.25, 0.3) is 0 Å². The summed E-state index contributed by atoms with van der Waals surface area (Å²) in [6, 6.07) is 3.19. The van der Waals surface area contributed by atoms with Crippen molar-refractivity contribution in [1.29, 1.82) is 0 Å². The molecule has 178 valence electrons. The van der Waals surface area contributed by atoms with Crippen molar-refractivity contribution < 1.29 is 32.3 Å². The number of likely N-dealkylation sites (N-methyl/N-ethyl adjacent to an activating group) is 1. The molecule has 32 heavy (non-hydrogen) atoms. The first-order chi connectivity index (χ1) is 15.1. The Bertz CT molecular complexity index is 799. The largest absolute Gasteiger partial charge is 0.471 e. The fourth-order valence-electron chi connectivity index (χ4n) is 2.96. The van der Waals surface area contributed by atoms with Crippen LogP contribution < -0.4 is 5.32 Å². The molecule has 2 rings (SSSR count). The lowest BCUT2D eigenvalue weighted by Crippen LogP contribution is -2.46. The van der Waals surface area contributed by atoms with Gasteiger partial charge in [-0.05, 0) is 51.3 Å². The molecule has 11 heteroatoms. The maximum absolute atomic E-state index is 13.1. The number of carbonyl (C=O) groups excluding carboxylic acids is 3. The quantitative estimate of drug-likeness (QED) is 0.381. The highest BCUT2D eigenvalue weighted by molar-refractivity contribution is 5.89. The number of rotatable bonds is 12. The second kappa shape index (κ2) is 11.8. The van der Waals surface area contributed by atoms with Crippen LogP contribution in [0.5, 0.6) is 0 Å². The Balaban J connectivity index is 1.98. The minimum Gasteiger partial charge on any atom is -0.462 e. The van der Waals surface area contributed by atoms with Crippen LogP contribution in [0, 0.1) is 0 Å². The van der Waals surface area contributed by atoms with E-state index in [-0.39, 0.29) is 17.9 Å². The number of halogens is 3. The predicted molar refractivity (Wildman–Crippen MR) is 110 cm³/mol. The standard InChI is InChI=1S/C21H29F3N4O4/c1-3-32-19(30)15-8-10-26-17(12-15)13-28(20(31)21(22,23)24)14-18(29)27(2)11-5-4-9-25-16-6-7-16/h8,10,12,16,25H,3-7,9,11,13-14H2,1-2H3. The van der Waals surface area contributed by atoms with Gasteiger partial charge in [-0.2, -0.15) is 13.2 Å². The number of hydrogen-bond donors (Lipinski definition) is 1. The number of ether oxygens (including phenoxy) is 1. The summed E-state index contributed by atoms with van der Waals surface area (Å²) >= 11 is 0. The molecule has 1 fully saturated rings. The van der Waals surface area contributed by atoms with Crippen molar-refractivity contribution in [3.05, 3.63) is 29.6 Å². The Labute approximate surface area is 185 Å². The molecule has 2 amide bonds. The van der Waals surface area contributed by atoms with E-state index in [0.717, 1.165) is 13.0 Å². The highest BCUT2D eigenvalue weighted by atomic mass is 19.4. The maximum Gasteiger partial charge on any atom is 0.471 e. The van der Waals surface area contributed by atoms with E-state index in [1.54, 1.807) is 6.92 Å². The first kappa shape index (κ1) is 25.6. The van der Waals surface area contributed by atoms with Crippen LogP contribution in [-0.4, -0.2) is 78.1 Å². The fourth-order valence-corrected chi connectivity index (χ4v) is 2.96. The average Bonchev–Trinajstić information content (AvgIpc) is 3.56. The lowest BCUT2D eigenvalue weighted by atomic mass is 10.2. The third kappa shape index (κ3) is 8.45. The van der Waals surface area contributed by atoms with Crippen molar-refractivity contribution in [2.45, 2.75) is 51.4 Å². The van der Waals surface area contributed by atoms with Crippen molar-refractivity contribution in [2.75, 3.05) is 33.3 Å². The molecule has 0 saturated heterocycles. The van der Waals surface area contributed by atoms with Crippen LogP contribution in [-0.2, 0) is 20.9 Å². The van der Waals surface area contributed by atoms with Gasteiger partial charge in [-0.25, -0.2) is 4.79 Å². The van der Waals surface area contributed by atoms with Crippen LogP contribution in [0.4, 0.5) is 13.2 Å². The fraction of sp³-hybridized carbons (Fsp3) is 0.619. The summed E-state index contributed by atoms with van der Waals surface area (Å²) in [5.41, 5.74) is 0.134. The summed E-state index contributed by atoms with van der Waals surface area (Å²) in [7, 11) is 1.49. The molecule has 1 aromatic rings. The number of alkyl halides is 3. The third-order valence-electron chi connectivity index (χ3n) is 4.89. The van der Waals surface area contributed by atoms with Gasteiger partial charge in [-0.3, -0.25) is 14.6 Å². The lowest BCUT2D eigenvalue weighted by Gasteiger charge is -2.26. The average molecular weight is 458 g/mol. The number of nitrogens with one attached hydrogen (secondary N) is 1. The molecule has 0 aromatic carbocycles. The molecule has 1 N–H and O–H groups in total. The Morgan fingerprint density at radius 1 is 1.25 bits per heavy atom. The predicted octanol–water partition coefficient (Wildman–Crippen LogP) is 2.14. The molecular weight excluding hydrogens is 429 g/mol.